The van der Waals surface area contributed by atoms with Crippen molar-refractivity contribution in [1.29, 1.82) is 0 Å². The molecule has 0 radical (unpaired) electrons. The molecule has 16 heavy (non-hydrogen) atoms. The Hall–Kier alpha value is -1.03. The highest BCUT2D eigenvalue weighted by Crippen LogP contribution is 2.31. The first-order valence-corrected chi connectivity index (χ1v) is 5.91. The second-order valence-corrected chi connectivity index (χ2v) is 4.77. The lowest BCUT2D eigenvalue weighted by Crippen LogP contribution is -2.28. The number of oxazole rings is 1. The molecule has 1 aliphatic carbocycles. The highest BCUT2D eigenvalue weighted by molar-refractivity contribution is 4.98. The maximum absolute atomic E-state index is 8.86. The van der Waals surface area contributed by atoms with Crippen molar-refractivity contribution in [3.05, 3.63) is 12.0 Å². The van der Waals surface area contributed by atoms with Gasteiger partial charge in [0, 0.05) is 0 Å². The maximum Gasteiger partial charge on any atom is 0.394 e. The zero-order valence-corrected chi connectivity index (χ0v) is 9.85. The molecule has 1 saturated carbocycles. The first-order chi connectivity index (χ1) is 7.69. The standard InChI is InChI=1S/C12H19NO3/c1-8-3-4-11(5-9(8)2)16-12-13-10(6-14)7-15-12/h7-9,11,14H,3-6H2,1-2H3. The molecule has 1 aliphatic rings. The molecule has 1 N–H and O–H groups in total. The van der Waals surface area contributed by atoms with Gasteiger partial charge in [0.05, 0.1) is 6.61 Å². The van der Waals surface area contributed by atoms with Crippen molar-refractivity contribution in [2.75, 3.05) is 0 Å². The van der Waals surface area contributed by atoms with Gasteiger partial charge in [0.25, 0.3) is 0 Å². The molecule has 0 aromatic carbocycles. The van der Waals surface area contributed by atoms with Crippen molar-refractivity contribution < 1.29 is 14.3 Å². The molecule has 1 fully saturated rings. The lowest BCUT2D eigenvalue weighted by atomic mass is 9.80. The molecule has 0 saturated heterocycles. The molecular weight excluding hydrogens is 206 g/mol. The van der Waals surface area contributed by atoms with Gasteiger partial charge in [-0.2, -0.15) is 4.98 Å². The Morgan fingerprint density at radius 1 is 1.44 bits per heavy atom. The quantitative estimate of drug-likeness (QED) is 0.858. The lowest BCUT2D eigenvalue weighted by Gasteiger charge is -2.31. The van der Waals surface area contributed by atoms with Crippen LogP contribution in [0.1, 0.15) is 38.8 Å². The molecule has 4 heteroatoms. The van der Waals surface area contributed by atoms with Crippen molar-refractivity contribution in [2.24, 2.45) is 11.8 Å². The van der Waals surface area contributed by atoms with Gasteiger partial charge >= 0.3 is 6.08 Å². The van der Waals surface area contributed by atoms with Gasteiger partial charge in [-0.1, -0.05) is 13.8 Å². The zero-order valence-electron chi connectivity index (χ0n) is 9.85. The van der Waals surface area contributed by atoms with E-state index in [4.69, 9.17) is 14.3 Å². The molecule has 4 nitrogen and oxygen atoms in total. The fraction of sp³-hybridized carbons (Fsp3) is 0.750. The summed E-state index contributed by atoms with van der Waals surface area (Å²) >= 11 is 0. The van der Waals surface area contributed by atoms with Crippen LogP contribution in [-0.4, -0.2) is 16.2 Å². The first kappa shape index (κ1) is 11.5. The third-order valence-electron chi connectivity index (χ3n) is 3.51. The maximum atomic E-state index is 8.86. The zero-order chi connectivity index (χ0) is 11.5. The first-order valence-electron chi connectivity index (χ1n) is 5.91. The van der Waals surface area contributed by atoms with E-state index in [2.05, 4.69) is 18.8 Å². The SMILES string of the molecule is CC1CCC(Oc2nc(CO)co2)CC1C. The van der Waals surface area contributed by atoms with Crippen LogP contribution >= 0.6 is 0 Å². The summed E-state index contributed by atoms with van der Waals surface area (Å²) in [5.41, 5.74) is 0.521. The van der Waals surface area contributed by atoms with Crippen LogP contribution in [0, 0.1) is 11.8 Å². The fourth-order valence-electron chi connectivity index (χ4n) is 2.16. The number of aromatic nitrogens is 1. The van der Waals surface area contributed by atoms with Crippen LogP contribution in [0.5, 0.6) is 6.08 Å². The molecule has 0 amide bonds. The second-order valence-electron chi connectivity index (χ2n) is 4.77. The summed E-state index contributed by atoms with van der Waals surface area (Å²) in [6.45, 7) is 4.44. The minimum absolute atomic E-state index is 0.106. The van der Waals surface area contributed by atoms with Crippen LogP contribution in [-0.2, 0) is 6.61 Å². The van der Waals surface area contributed by atoms with Crippen molar-refractivity contribution in [2.45, 2.75) is 45.8 Å². The summed E-state index contributed by atoms with van der Waals surface area (Å²) in [7, 11) is 0. The Bertz CT molecular complexity index is 337. The van der Waals surface area contributed by atoms with E-state index < -0.39 is 0 Å². The molecule has 1 heterocycles. The van der Waals surface area contributed by atoms with Gasteiger partial charge in [0.15, 0.2) is 0 Å². The van der Waals surface area contributed by atoms with Gasteiger partial charge in [-0.05, 0) is 31.1 Å². The smallest absolute Gasteiger partial charge is 0.394 e. The van der Waals surface area contributed by atoms with Gasteiger partial charge in [-0.3, -0.25) is 0 Å². The van der Waals surface area contributed by atoms with Crippen molar-refractivity contribution in [3.63, 3.8) is 0 Å². The topological polar surface area (TPSA) is 55.5 Å². The summed E-state index contributed by atoms with van der Waals surface area (Å²) in [6, 6.07) is 0. The van der Waals surface area contributed by atoms with Gasteiger partial charge in [-0.15, -0.1) is 0 Å². The van der Waals surface area contributed by atoms with Crippen molar-refractivity contribution >= 4 is 0 Å². The van der Waals surface area contributed by atoms with E-state index in [1.807, 2.05) is 0 Å². The normalized spacial score (nSPS) is 30.3. The largest absolute Gasteiger partial charge is 0.447 e. The number of hydrogen-bond acceptors (Lipinski definition) is 4. The average Bonchev–Trinajstić information content (AvgIpc) is 2.71. The Labute approximate surface area is 95.6 Å². The molecule has 1 aromatic heterocycles. The number of hydrogen-bond donors (Lipinski definition) is 1. The molecule has 0 spiro atoms. The summed E-state index contributed by atoms with van der Waals surface area (Å²) in [4.78, 5) is 4.03. The Morgan fingerprint density at radius 2 is 2.25 bits per heavy atom. The van der Waals surface area contributed by atoms with Crippen molar-refractivity contribution in [1.82, 2.24) is 4.98 Å². The number of aliphatic hydroxyl groups is 1. The third kappa shape index (κ3) is 2.55. The van der Waals surface area contributed by atoms with Gasteiger partial charge in [-0.25, -0.2) is 0 Å². The minimum Gasteiger partial charge on any atom is -0.447 e. The van der Waals surface area contributed by atoms with E-state index in [9.17, 15) is 0 Å². The van der Waals surface area contributed by atoms with E-state index in [0.717, 1.165) is 18.8 Å². The van der Waals surface area contributed by atoms with Crippen LogP contribution in [0.15, 0.2) is 10.7 Å². The molecule has 3 unspecified atom stereocenters. The monoisotopic (exact) mass is 225 g/mol. The van der Waals surface area contributed by atoms with E-state index >= 15 is 0 Å². The van der Waals surface area contributed by atoms with Crippen LogP contribution in [0.3, 0.4) is 0 Å². The molecular formula is C12H19NO3. The molecule has 90 valence electrons. The highest BCUT2D eigenvalue weighted by Gasteiger charge is 2.26. The molecule has 0 bridgehead atoms. The lowest BCUT2D eigenvalue weighted by molar-refractivity contribution is 0.0728. The Morgan fingerprint density at radius 3 is 2.88 bits per heavy atom. The van der Waals surface area contributed by atoms with E-state index in [-0.39, 0.29) is 18.8 Å². The fourth-order valence-corrected chi connectivity index (χ4v) is 2.16. The molecule has 3 atom stereocenters. The number of rotatable bonds is 3. The van der Waals surface area contributed by atoms with E-state index in [1.54, 1.807) is 0 Å². The van der Waals surface area contributed by atoms with Crippen LogP contribution in [0.2, 0.25) is 0 Å². The second kappa shape index (κ2) is 4.87. The van der Waals surface area contributed by atoms with Crippen LogP contribution in [0.4, 0.5) is 0 Å². The predicted molar refractivity (Wildman–Crippen MR) is 59.0 cm³/mol. The molecule has 2 rings (SSSR count). The number of nitrogens with zero attached hydrogens (tertiary/aromatic N) is 1. The summed E-state index contributed by atoms with van der Waals surface area (Å²) in [6.07, 6.45) is 5.23. The van der Waals surface area contributed by atoms with Gasteiger partial charge in [0.1, 0.15) is 18.1 Å². The van der Waals surface area contributed by atoms with Gasteiger partial charge in [0.2, 0.25) is 0 Å². The number of ether oxygens (including phenoxy) is 1. The summed E-state index contributed by atoms with van der Waals surface area (Å²) < 4.78 is 10.8. The summed E-state index contributed by atoms with van der Waals surface area (Å²) in [5, 5.41) is 8.86. The van der Waals surface area contributed by atoms with Gasteiger partial charge < -0.3 is 14.3 Å². The van der Waals surface area contributed by atoms with E-state index in [1.165, 1.54) is 12.7 Å². The predicted octanol–water partition coefficient (Wildman–Crippen LogP) is 2.37. The molecule has 0 aliphatic heterocycles. The minimum atomic E-state index is -0.106. The van der Waals surface area contributed by atoms with E-state index in [0.29, 0.717) is 11.6 Å². The Kier molecular flexibility index (Phi) is 3.49. The summed E-state index contributed by atoms with van der Waals surface area (Å²) in [5.74, 6) is 1.46. The highest BCUT2D eigenvalue weighted by atomic mass is 16.6. The van der Waals surface area contributed by atoms with Crippen LogP contribution < -0.4 is 4.74 Å². The average molecular weight is 225 g/mol. The Balaban J connectivity index is 1.90. The van der Waals surface area contributed by atoms with Crippen LogP contribution in [0.25, 0.3) is 0 Å². The molecule has 1 aromatic rings. The third-order valence-corrected chi connectivity index (χ3v) is 3.51. The number of aliphatic hydroxyl groups excluding tert-OH is 1. The van der Waals surface area contributed by atoms with Crippen molar-refractivity contribution in [3.8, 4) is 6.08 Å².